The van der Waals surface area contributed by atoms with E-state index in [1.807, 2.05) is 0 Å². The predicted molar refractivity (Wildman–Crippen MR) is 52.0 cm³/mol. The molecular formula is C2H3N14O4-. The minimum Gasteiger partial charge on any atom is -0.310 e. The molecule has 20 heavy (non-hydrogen) atoms. The molecular weight excluding hydrogens is 284 g/mol. The van der Waals surface area contributed by atoms with Crippen LogP contribution in [-0.4, -0.2) is 50.7 Å². The first-order valence-electron chi connectivity index (χ1n) is 4.41. The molecule has 0 aliphatic carbocycles. The number of aromatic amines is 2. The van der Waals surface area contributed by atoms with E-state index < -0.39 is 21.3 Å². The van der Waals surface area contributed by atoms with Crippen LogP contribution in [0.4, 0.5) is 0 Å². The van der Waals surface area contributed by atoms with Crippen LogP contribution in [0, 0.1) is 20.2 Å². The number of hydrogen-bond donors (Lipinski definition) is 3. The second-order valence-electron chi connectivity index (χ2n) is 2.72. The molecule has 2 heterocycles. The van der Waals surface area contributed by atoms with Crippen LogP contribution in [0.3, 0.4) is 0 Å². The van der Waals surface area contributed by atoms with E-state index in [1.165, 1.54) is 0 Å². The molecule has 2 rings (SSSR count). The van der Waals surface area contributed by atoms with Crippen molar-refractivity contribution in [1.82, 2.24) is 40.6 Å². The summed E-state index contributed by atoms with van der Waals surface area (Å²) in [5, 5.41) is 41.3. The van der Waals surface area contributed by atoms with Gasteiger partial charge in [0.15, 0.2) is 10.1 Å². The Kier molecular flexibility index (Phi) is 3.27. The summed E-state index contributed by atoms with van der Waals surface area (Å²) >= 11 is 0. The van der Waals surface area contributed by atoms with Crippen molar-refractivity contribution in [2.75, 3.05) is 5.53 Å². The molecule has 0 spiro atoms. The first kappa shape index (κ1) is 12.6. The van der Waals surface area contributed by atoms with E-state index in [9.17, 15) is 20.2 Å². The SMILES string of the molecule is O=[N+]([O-])/N=c1\nn[nH]n1[N-]Nn1[nH]nn/c1=N\[N+](=O)[O-]. The van der Waals surface area contributed by atoms with E-state index in [4.69, 9.17) is 0 Å². The monoisotopic (exact) mass is 287 g/mol. The molecule has 0 aliphatic heterocycles. The molecule has 18 nitrogen and oxygen atoms in total. The maximum atomic E-state index is 10.2. The van der Waals surface area contributed by atoms with Gasteiger partial charge < -0.3 is 5.21 Å². The van der Waals surface area contributed by atoms with Crippen LogP contribution in [-0.2, 0) is 0 Å². The Labute approximate surface area is 105 Å². The number of aromatic nitrogens is 8. The number of tetrazole rings is 2. The Hall–Kier alpha value is -3.86. The van der Waals surface area contributed by atoms with Crippen LogP contribution in [0.1, 0.15) is 0 Å². The summed E-state index contributed by atoms with van der Waals surface area (Å²) < 4.78 is 0. The van der Waals surface area contributed by atoms with Gasteiger partial charge in [0.25, 0.3) is 0 Å². The molecule has 18 heteroatoms. The van der Waals surface area contributed by atoms with Gasteiger partial charge in [0.1, 0.15) is 10.2 Å². The van der Waals surface area contributed by atoms with Crippen molar-refractivity contribution in [1.29, 1.82) is 0 Å². The average molecular weight is 287 g/mol. The molecule has 0 aliphatic rings. The van der Waals surface area contributed by atoms with Gasteiger partial charge in [-0.3, -0.25) is 15.9 Å². The zero-order valence-corrected chi connectivity index (χ0v) is 9.05. The zero-order valence-electron chi connectivity index (χ0n) is 9.05. The van der Waals surface area contributed by atoms with Crippen molar-refractivity contribution in [2.24, 2.45) is 10.2 Å². The molecule has 2 aromatic heterocycles. The molecule has 2 aromatic rings. The fraction of sp³-hybridized carbons (Fsp3) is 0. The summed E-state index contributed by atoms with van der Waals surface area (Å²) in [6.45, 7) is 0. The summed E-state index contributed by atoms with van der Waals surface area (Å²) in [4.78, 5) is 21.8. The lowest BCUT2D eigenvalue weighted by atomic mass is 11.2. The van der Waals surface area contributed by atoms with E-state index in [1.54, 1.807) is 0 Å². The third-order valence-electron chi connectivity index (χ3n) is 1.54. The van der Waals surface area contributed by atoms with Crippen molar-refractivity contribution in [3.05, 3.63) is 37.0 Å². The quantitative estimate of drug-likeness (QED) is 0.358. The minimum atomic E-state index is -1.01. The Balaban J connectivity index is 2.19. The molecule has 106 valence electrons. The van der Waals surface area contributed by atoms with E-state index >= 15 is 0 Å². The normalized spacial score (nSPS) is 12.4. The van der Waals surface area contributed by atoms with E-state index in [0.29, 0.717) is 4.79 Å². The molecule has 0 unspecified atom stereocenters. The Morgan fingerprint density at radius 3 is 2.40 bits per heavy atom. The molecule has 0 amide bonds. The topological polar surface area (TPSA) is 230 Å². The summed E-state index contributed by atoms with van der Waals surface area (Å²) in [5.41, 5.74) is 4.69. The summed E-state index contributed by atoms with van der Waals surface area (Å²) in [6.07, 6.45) is 0. The molecule has 0 radical (unpaired) electrons. The first-order chi connectivity index (χ1) is 9.56. The average Bonchev–Trinajstić information content (AvgIpc) is 2.95. The highest BCUT2D eigenvalue weighted by atomic mass is 16.7. The minimum absolute atomic E-state index is 0.459. The summed E-state index contributed by atoms with van der Waals surface area (Å²) in [6, 6.07) is 0. The number of nitro groups is 2. The maximum Gasteiger partial charge on any atom is 0.357 e. The maximum absolute atomic E-state index is 10.2. The van der Waals surface area contributed by atoms with Crippen molar-refractivity contribution >= 4 is 0 Å². The fourth-order valence-corrected chi connectivity index (χ4v) is 0.895. The fourth-order valence-electron chi connectivity index (χ4n) is 0.895. The van der Waals surface area contributed by atoms with Gasteiger partial charge in [-0.2, -0.15) is 5.21 Å². The van der Waals surface area contributed by atoms with Gasteiger partial charge in [-0.1, -0.05) is 5.10 Å². The molecule has 0 bridgehead atoms. The van der Waals surface area contributed by atoms with Crippen LogP contribution in [0.5, 0.6) is 0 Å². The predicted octanol–water partition coefficient (Wildman–Crippen LogP) is -3.99. The number of hydrogen-bond acceptors (Lipinski definition) is 9. The van der Waals surface area contributed by atoms with Crippen molar-refractivity contribution in [3.63, 3.8) is 0 Å². The number of nitrogens with one attached hydrogen (secondary N) is 3. The summed E-state index contributed by atoms with van der Waals surface area (Å²) in [7, 11) is 0. The van der Waals surface area contributed by atoms with Crippen LogP contribution in [0.25, 0.3) is 5.53 Å². The number of H-pyrrole nitrogens is 2. The third kappa shape index (κ3) is 2.88. The third-order valence-corrected chi connectivity index (χ3v) is 1.54. The highest BCUT2D eigenvalue weighted by molar-refractivity contribution is 4.80. The standard InChI is InChI=1S/C2H3N14O4/c17-15(18)5-1-3-7-9-13(1)11-12-14-2(4-8-10-14)6-16(19)20/h11H,(H,3,5,9)(H,4,6,10)/q-1. The number of nitrogens with zero attached hydrogens (tertiary/aromatic N) is 11. The van der Waals surface area contributed by atoms with Crippen LogP contribution < -0.4 is 16.8 Å². The second kappa shape index (κ2) is 5.19. The second-order valence-corrected chi connectivity index (χ2v) is 2.72. The highest BCUT2D eigenvalue weighted by Crippen LogP contribution is 1.79. The van der Waals surface area contributed by atoms with Gasteiger partial charge >= 0.3 is 11.2 Å². The van der Waals surface area contributed by atoms with Crippen LogP contribution in [0.15, 0.2) is 10.2 Å². The highest BCUT2D eigenvalue weighted by Gasteiger charge is 2.01. The number of rotatable bonds is 5. The van der Waals surface area contributed by atoms with Gasteiger partial charge in [-0.25, -0.2) is 20.2 Å². The van der Waals surface area contributed by atoms with Gasteiger partial charge in [0, 0.05) is 0 Å². The molecule has 3 N–H and O–H groups in total. The van der Waals surface area contributed by atoms with Crippen molar-refractivity contribution in [3.8, 4) is 0 Å². The van der Waals surface area contributed by atoms with Gasteiger partial charge in [-0.15, -0.1) is 15.1 Å². The van der Waals surface area contributed by atoms with Crippen LogP contribution in [0.2, 0.25) is 0 Å². The van der Waals surface area contributed by atoms with Crippen molar-refractivity contribution < 1.29 is 10.1 Å². The first-order valence-corrected chi connectivity index (χ1v) is 4.41. The molecule has 0 atom stereocenters. The van der Waals surface area contributed by atoms with Crippen molar-refractivity contribution in [2.45, 2.75) is 0 Å². The van der Waals surface area contributed by atoms with Gasteiger partial charge in [0.2, 0.25) is 0 Å². The van der Waals surface area contributed by atoms with E-state index in [0.717, 1.165) is 4.79 Å². The largest absolute Gasteiger partial charge is 0.357 e. The molecule has 0 saturated heterocycles. The zero-order chi connectivity index (χ0) is 14.5. The lowest BCUT2D eigenvalue weighted by Gasteiger charge is -2.13. The Morgan fingerprint density at radius 2 is 1.70 bits per heavy atom. The lowest BCUT2D eigenvalue weighted by Crippen LogP contribution is -2.31. The Bertz CT molecular complexity index is 675. The smallest absolute Gasteiger partial charge is 0.310 e. The lowest BCUT2D eigenvalue weighted by molar-refractivity contribution is -0.491. The molecule has 0 saturated carbocycles. The Morgan fingerprint density at radius 1 is 1.10 bits per heavy atom. The van der Waals surface area contributed by atoms with Gasteiger partial charge in [-0.05, 0) is 5.21 Å². The molecule has 0 aromatic carbocycles. The summed E-state index contributed by atoms with van der Waals surface area (Å²) in [5.74, 6) is 0. The van der Waals surface area contributed by atoms with E-state index in [2.05, 4.69) is 52.3 Å². The van der Waals surface area contributed by atoms with E-state index in [-0.39, 0.29) is 0 Å². The van der Waals surface area contributed by atoms with Gasteiger partial charge in [0.05, 0.1) is 0 Å². The van der Waals surface area contributed by atoms with Crippen LogP contribution >= 0.6 is 0 Å². The molecule has 0 fully saturated rings.